The van der Waals surface area contributed by atoms with Crippen molar-refractivity contribution in [3.8, 4) is 5.75 Å². The SMILES string of the molecule is Cn1c(N/N=C\c2cc(I)cc(I)c2O)nc2ccccc21. The molecule has 0 spiro atoms. The van der Waals surface area contributed by atoms with Gasteiger partial charge in [0.2, 0.25) is 5.95 Å². The Morgan fingerprint density at radius 1 is 1.27 bits per heavy atom. The number of hydrogen-bond acceptors (Lipinski definition) is 4. The van der Waals surface area contributed by atoms with Crippen molar-refractivity contribution in [2.45, 2.75) is 0 Å². The number of anilines is 1. The first kappa shape index (κ1) is 15.5. The number of aryl methyl sites for hydroxylation is 1. The highest BCUT2D eigenvalue weighted by Gasteiger charge is 2.07. The summed E-state index contributed by atoms with van der Waals surface area (Å²) in [5.41, 5.74) is 5.54. The summed E-state index contributed by atoms with van der Waals surface area (Å²) in [5, 5.41) is 14.2. The van der Waals surface area contributed by atoms with Crippen LogP contribution in [0.1, 0.15) is 5.56 Å². The molecule has 0 amide bonds. The molecule has 1 heterocycles. The Hall–Kier alpha value is -1.36. The molecule has 1 aromatic heterocycles. The van der Waals surface area contributed by atoms with Crippen LogP contribution in [0.25, 0.3) is 11.0 Å². The Bertz CT molecular complexity index is 873. The van der Waals surface area contributed by atoms with Crippen LogP contribution in [0, 0.1) is 7.14 Å². The minimum absolute atomic E-state index is 0.233. The van der Waals surface area contributed by atoms with Crippen LogP contribution in [0.5, 0.6) is 5.75 Å². The molecule has 22 heavy (non-hydrogen) atoms. The summed E-state index contributed by atoms with van der Waals surface area (Å²) in [7, 11) is 1.93. The molecule has 112 valence electrons. The minimum Gasteiger partial charge on any atom is -0.506 e. The van der Waals surface area contributed by atoms with Gasteiger partial charge in [-0.2, -0.15) is 5.10 Å². The number of halogens is 2. The number of phenolic OH excluding ortho intramolecular Hbond substituents is 1. The lowest BCUT2D eigenvalue weighted by molar-refractivity contribution is 0.470. The van der Waals surface area contributed by atoms with Crippen LogP contribution in [-0.2, 0) is 7.05 Å². The second kappa shape index (κ2) is 6.41. The molecular weight excluding hydrogens is 506 g/mol. The van der Waals surface area contributed by atoms with Crippen molar-refractivity contribution >= 4 is 68.4 Å². The van der Waals surface area contributed by atoms with Crippen molar-refractivity contribution in [1.82, 2.24) is 9.55 Å². The Morgan fingerprint density at radius 3 is 2.82 bits per heavy atom. The third-order valence-corrected chi connectivity index (χ3v) is 4.66. The van der Waals surface area contributed by atoms with E-state index in [9.17, 15) is 5.11 Å². The van der Waals surface area contributed by atoms with Gasteiger partial charge in [0.15, 0.2) is 0 Å². The number of rotatable bonds is 3. The molecule has 0 aliphatic heterocycles. The minimum atomic E-state index is 0.233. The van der Waals surface area contributed by atoms with Crippen molar-refractivity contribution in [1.29, 1.82) is 0 Å². The van der Waals surface area contributed by atoms with Gasteiger partial charge < -0.3 is 9.67 Å². The lowest BCUT2D eigenvalue weighted by Crippen LogP contribution is -1.99. The van der Waals surface area contributed by atoms with E-state index < -0.39 is 0 Å². The van der Waals surface area contributed by atoms with Crippen LogP contribution in [0.3, 0.4) is 0 Å². The van der Waals surface area contributed by atoms with Crippen LogP contribution in [0.4, 0.5) is 5.95 Å². The summed E-state index contributed by atoms with van der Waals surface area (Å²) in [6, 6.07) is 11.7. The second-order valence-electron chi connectivity index (χ2n) is 4.68. The highest BCUT2D eigenvalue weighted by atomic mass is 127. The van der Waals surface area contributed by atoms with Crippen LogP contribution < -0.4 is 5.43 Å². The predicted octanol–water partition coefficient (Wildman–Crippen LogP) is 3.93. The Morgan fingerprint density at radius 2 is 2.05 bits per heavy atom. The number of fused-ring (bicyclic) bond motifs is 1. The molecule has 7 heteroatoms. The number of hydrazone groups is 1. The lowest BCUT2D eigenvalue weighted by atomic mass is 10.2. The van der Waals surface area contributed by atoms with Crippen LogP contribution in [0.15, 0.2) is 41.5 Å². The highest BCUT2D eigenvalue weighted by Crippen LogP contribution is 2.25. The maximum absolute atomic E-state index is 10.0. The molecule has 2 N–H and O–H groups in total. The van der Waals surface area contributed by atoms with E-state index in [0.717, 1.165) is 18.2 Å². The molecule has 0 aliphatic carbocycles. The molecule has 0 saturated carbocycles. The summed E-state index contributed by atoms with van der Waals surface area (Å²) >= 11 is 4.31. The molecule has 2 aromatic carbocycles. The normalized spacial score (nSPS) is 11.4. The van der Waals surface area contributed by atoms with E-state index in [1.165, 1.54) is 0 Å². The summed E-state index contributed by atoms with van der Waals surface area (Å²) in [6.07, 6.45) is 1.60. The summed E-state index contributed by atoms with van der Waals surface area (Å²) in [6.45, 7) is 0. The maximum Gasteiger partial charge on any atom is 0.224 e. The number of benzene rings is 2. The number of aromatic nitrogens is 2. The number of para-hydroxylation sites is 2. The molecule has 0 saturated heterocycles. The smallest absolute Gasteiger partial charge is 0.224 e. The quantitative estimate of drug-likeness (QED) is 0.314. The Balaban J connectivity index is 1.86. The van der Waals surface area contributed by atoms with Gasteiger partial charge in [0.1, 0.15) is 5.75 Å². The van der Waals surface area contributed by atoms with Gasteiger partial charge in [-0.1, -0.05) is 12.1 Å². The average Bonchev–Trinajstić information content (AvgIpc) is 2.81. The van der Waals surface area contributed by atoms with E-state index >= 15 is 0 Å². The van der Waals surface area contributed by atoms with E-state index in [4.69, 9.17) is 0 Å². The van der Waals surface area contributed by atoms with Crippen LogP contribution in [-0.4, -0.2) is 20.9 Å². The first-order valence-electron chi connectivity index (χ1n) is 6.45. The van der Waals surface area contributed by atoms with Gasteiger partial charge in [-0.15, -0.1) is 0 Å². The maximum atomic E-state index is 10.0. The molecule has 5 nitrogen and oxygen atoms in total. The zero-order chi connectivity index (χ0) is 15.7. The van der Waals surface area contributed by atoms with Gasteiger partial charge in [-0.3, -0.25) is 0 Å². The monoisotopic (exact) mass is 518 g/mol. The van der Waals surface area contributed by atoms with E-state index in [-0.39, 0.29) is 5.75 Å². The molecule has 3 rings (SSSR count). The van der Waals surface area contributed by atoms with Gasteiger partial charge >= 0.3 is 0 Å². The fourth-order valence-electron chi connectivity index (χ4n) is 2.09. The van der Waals surface area contributed by atoms with Gasteiger partial charge in [-0.05, 0) is 69.4 Å². The largest absolute Gasteiger partial charge is 0.506 e. The molecule has 0 radical (unpaired) electrons. The molecule has 0 fully saturated rings. The fourth-order valence-corrected chi connectivity index (χ4v) is 3.98. The van der Waals surface area contributed by atoms with E-state index in [2.05, 4.69) is 60.7 Å². The van der Waals surface area contributed by atoms with Crippen molar-refractivity contribution in [2.75, 3.05) is 5.43 Å². The average molecular weight is 518 g/mol. The van der Waals surface area contributed by atoms with Gasteiger partial charge in [0, 0.05) is 16.2 Å². The van der Waals surface area contributed by atoms with Crippen LogP contribution in [0.2, 0.25) is 0 Å². The van der Waals surface area contributed by atoms with Crippen LogP contribution >= 0.6 is 45.2 Å². The fraction of sp³-hybridized carbons (Fsp3) is 0.0667. The molecule has 0 unspecified atom stereocenters. The lowest BCUT2D eigenvalue weighted by Gasteiger charge is -2.03. The van der Waals surface area contributed by atoms with Crippen molar-refractivity contribution < 1.29 is 5.11 Å². The van der Waals surface area contributed by atoms with Gasteiger partial charge in [0.05, 0.1) is 20.8 Å². The predicted molar refractivity (Wildman–Crippen MR) is 105 cm³/mol. The van der Waals surface area contributed by atoms with E-state index in [1.807, 2.05) is 48.0 Å². The second-order valence-corrected chi connectivity index (χ2v) is 7.09. The number of hydrogen-bond donors (Lipinski definition) is 2. The van der Waals surface area contributed by atoms with Crippen molar-refractivity contribution in [3.05, 3.63) is 49.1 Å². The van der Waals surface area contributed by atoms with E-state index in [0.29, 0.717) is 11.5 Å². The third kappa shape index (κ3) is 3.05. The molecular formula is C15H12I2N4O. The summed E-state index contributed by atoms with van der Waals surface area (Å²) in [4.78, 5) is 4.47. The van der Waals surface area contributed by atoms with Crippen molar-refractivity contribution in [3.63, 3.8) is 0 Å². The Kier molecular flexibility index (Phi) is 4.52. The number of nitrogens with zero attached hydrogens (tertiary/aromatic N) is 3. The molecule has 0 atom stereocenters. The summed E-state index contributed by atoms with van der Waals surface area (Å²) in [5.74, 6) is 0.883. The first-order valence-corrected chi connectivity index (χ1v) is 8.60. The first-order chi connectivity index (χ1) is 10.6. The number of imidazole rings is 1. The molecule has 3 aromatic rings. The third-order valence-electron chi connectivity index (χ3n) is 3.21. The zero-order valence-electron chi connectivity index (χ0n) is 11.6. The van der Waals surface area contributed by atoms with E-state index in [1.54, 1.807) is 6.21 Å². The standard InChI is InChI=1S/C15H12I2N4O/c1-21-13-5-3-2-4-12(13)19-15(21)20-18-8-9-6-10(16)7-11(17)14(9)22/h2-8,22H,1H3,(H,19,20)/b18-8-. The van der Waals surface area contributed by atoms with Gasteiger partial charge in [-0.25, -0.2) is 10.4 Å². The van der Waals surface area contributed by atoms with Crippen molar-refractivity contribution in [2.24, 2.45) is 12.1 Å². The topological polar surface area (TPSA) is 62.4 Å². The number of nitrogens with one attached hydrogen (secondary N) is 1. The summed E-state index contributed by atoms with van der Waals surface area (Å²) < 4.78 is 3.78. The zero-order valence-corrected chi connectivity index (χ0v) is 15.9. The molecule has 0 aliphatic rings. The molecule has 0 bridgehead atoms. The van der Waals surface area contributed by atoms with Gasteiger partial charge in [0.25, 0.3) is 0 Å². The number of aromatic hydroxyl groups is 1. The Labute approximate surface area is 154 Å². The number of phenols is 1. The highest BCUT2D eigenvalue weighted by molar-refractivity contribution is 14.1.